The smallest absolute Gasteiger partial charge is 0.290 e. The number of ether oxygens (including phenoxy) is 2. The molecule has 0 aliphatic carbocycles. The lowest BCUT2D eigenvalue weighted by molar-refractivity contribution is -0.129. The van der Waals surface area contributed by atoms with Crippen molar-refractivity contribution in [2.45, 2.75) is 19.4 Å². The van der Waals surface area contributed by atoms with Crippen LogP contribution in [0.5, 0.6) is 5.75 Å². The molecule has 1 aromatic carbocycles. The summed E-state index contributed by atoms with van der Waals surface area (Å²) < 4.78 is 10.4. The lowest BCUT2D eigenvalue weighted by Crippen LogP contribution is -2.32. The van der Waals surface area contributed by atoms with Crippen molar-refractivity contribution < 1.29 is 24.2 Å². The van der Waals surface area contributed by atoms with Gasteiger partial charge in [0.1, 0.15) is 5.75 Å². The number of benzene rings is 1. The summed E-state index contributed by atoms with van der Waals surface area (Å²) in [7, 11) is 3.11. The van der Waals surface area contributed by atoms with Gasteiger partial charge in [-0.2, -0.15) is 0 Å². The van der Waals surface area contributed by atoms with Gasteiger partial charge in [-0.3, -0.25) is 9.59 Å². The van der Waals surface area contributed by atoms with E-state index in [0.29, 0.717) is 30.9 Å². The molecule has 1 heterocycles. The zero-order valence-corrected chi connectivity index (χ0v) is 13.5. The fourth-order valence-corrected chi connectivity index (χ4v) is 2.84. The number of Topliss-reactive ketones (excluding diaryl/α,β-unsaturated/α-hetero) is 1. The van der Waals surface area contributed by atoms with Gasteiger partial charge in [0, 0.05) is 25.8 Å². The Morgan fingerprint density at radius 3 is 2.61 bits per heavy atom. The van der Waals surface area contributed by atoms with E-state index in [1.165, 1.54) is 18.9 Å². The maximum atomic E-state index is 12.4. The van der Waals surface area contributed by atoms with Gasteiger partial charge in [-0.25, -0.2) is 0 Å². The number of aliphatic hydroxyl groups excluding tert-OH is 1. The van der Waals surface area contributed by atoms with E-state index < -0.39 is 17.7 Å². The van der Waals surface area contributed by atoms with Crippen LogP contribution < -0.4 is 4.74 Å². The van der Waals surface area contributed by atoms with E-state index in [0.717, 1.165) is 0 Å². The van der Waals surface area contributed by atoms with E-state index in [9.17, 15) is 14.7 Å². The van der Waals surface area contributed by atoms with E-state index >= 15 is 0 Å². The van der Waals surface area contributed by atoms with Crippen LogP contribution in [0.15, 0.2) is 35.6 Å². The van der Waals surface area contributed by atoms with Gasteiger partial charge in [-0.05, 0) is 19.4 Å². The number of para-hydroxylation sites is 1. The molecular formula is C17H21NO5. The average Bonchev–Trinajstić information content (AvgIpc) is 2.79. The number of carbonyl (C=O) groups excluding carboxylic acids is 2. The number of hydrogen-bond acceptors (Lipinski definition) is 5. The van der Waals surface area contributed by atoms with E-state index in [1.54, 1.807) is 19.2 Å². The Bertz CT molecular complexity index is 638. The fourth-order valence-electron chi connectivity index (χ4n) is 2.84. The van der Waals surface area contributed by atoms with Gasteiger partial charge in [0.2, 0.25) is 0 Å². The molecule has 0 bridgehead atoms. The molecule has 1 aromatic rings. The molecule has 0 radical (unpaired) electrons. The number of nitrogens with zero attached hydrogens (tertiary/aromatic N) is 1. The molecule has 1 unspecified atom stereocenters. The van der Waals surface area contributed by atoms with Gasteiger partial charge >= 0.3 is 0 Å². The molecule has 1 aliphatic heterocycles. The number of carbonyl (C=O) groups is 2. The Morgan fingerprint density at radius 1 is 1.30 bits per heavy atom. The van der Waals surface area contributed by atoms with Crippen LogP contribution >= 0.6 is 0 Å². The van der Waals surface area contributed by atoms with E-state index in [-0.39, 0.29) is 11.4 Å². The fraction of sp³-hybridized carbons (Fsp3) is 0.412. The third-order valence-electron chi connectivity index (χ3n) is 3.86. The molecule has 0 saturated carbocycles. The van der Waals surface area contributed by atoms with Gasteiger partial charge in [-0.15, -0.1) is 0 Å². The first-order valence-corrected chi connectivity index (χ1v) is 7.39. The largest absolute Gasteiger partial charge is 0.503 e. The molecule has 6 nitrogen and oxygen atoms in total. The van der Waals surface area contributed by atoms with E-state index in [1.807, 2.05) is 12.1 Å². The molecule has 0 saturated heterocycles. The molecule has 0 fully saturated rings. The van der Waals surface area contributed by atoms with Crippen LogP contribution in [0.4, 0.5) is 0 Å². The maximum absolute atomic E-state index is 12.4. The first kappa shape index (κ1) is 17.0. The highest BCUT2D eigenvalue weighted by Gasteiger charge is 2.43. The highest BCUT2D eigenvalue weighted by atomic mass is 16.5. The van der Waals surface area contributed by atoms with Gasteiger partial charge in [0.15, 0.2) is 11.5 Å². The summed E-state index contributed by atoms with van der Waals surface area (Å²) in [6, 6.07) is 6.53. The molecule has 0 aromatic heterocycles. The van der Waals surface area contributed by atoms with Crippen LogP contribution in [0.1, 0.15) is 24.9 Å². The van der Waals surface area contributed by atoms with Crippen LogP contribution in [0.25, 0.3) is 0 Å². The third-order valence-corrected chi connectivity index (χ3v) is 3.86. The summed E-state index contributed by atoms with van der Waals surface area (Å²) in [5, 5.41) is 10.1. The molecule has 1 N–H and O–H groups in total. The van der Waals surface area contributed by atoms with Crippen molar-refractivity contribution in [2.24, 2.45) is 0 Å². The van der Waals surface area contributed by atoms with Gasteiger partial charge in [0.05, 0.1) is 18.7 Å². The molecule has 1 atom stereocenters. The predicted octanol–water partition coefficient (Wildman–Crippen LogP) is 2.02. The van der Waals surface area contributed by atoms with Crippen LogP contribution in [0.2, 0.25) is 0 Å². The van der Waals surface area contributed by atoms with E-state index in [2.05, 4.69) is 0 Å². The van der Waals surface area contributed by atoms with Crippen molar-refractivity contribution in [1.29, 1.82) is 0 Å². The van der Waals surface area contributed by atoms with Crippen molar-refractivity contribution in [1.82, 2.24) is 4.90 Å². The maximum Gasteiger partial charge on any atom is 0.290 e. The summed E-state index contributed by atoms with van der Waals surface area (Å²) in [6.07, 6.45) is 0.604. The normalized spacial score (nSPS) is 17.8. The quantitative estimate of drug-likeness (QED) is 0.778. The van der Waals surface area contributed by atoms with Crippen molar-refractivity contribution >= 4 is 11.7 Å². The van der Waals surface area contributed by atoms with Gasteiger partial charge in [-0.1, -0.05) is 18.2 Å². The molecular weight excluding hydrogens is 298 g/mol. The molecule has 1 aliphatic rings. The van der Waals surface area contributed by atoms with Crippen LogP contribution in [0, 0.1) is 0 Å². The third kappa shape index (κ3) is 3.22. The van der Waals surface area contributed by atoms with Crippen LogP contribution in [-0.2, 0) is 14.3 Å². The second-order valence-electron chi connectivity index (χ2n) is 5.31. The van der Waals surface area contributed by atoms with Crippen molar-refractivity contribution in [2.75, 3.05) is 27.4 Å². The lowest BCUT2D eigenvalue weighted by Gasteiger charge is -2.27. The van der Waals surface area contributed by atoms with Crippen molar-refractivity contribution in [3.8, 4) is 5.75 Å². The lowest BCUT2D eigenvalue weighted by atomic mass is 9.96. The highest BCUT2D eigenvalue weighted by molar-refractivity contribution is 6.08. The monoisotopic (exact) mass is 319 g/mol. The molecule has 1 amide bonds. The Hall–Kier alpha value is -2.34. The summed E-state index contributed by atoms with van der Waals surface area (Å²) in [5.74, 6) is -0.787. The average molecular weight is 319 g/mol. The number of ketones is 1. The summed E-state index contributed by atoms with van der Waals surface area (Å²) >= 11 is 0. The SMILES string of the molecule is COCCCN1C(=O)C(O)=C(C(C)=O)C1c1ccccc1OC. The minimum absolute atomic E-state index is 0.108. The number of amides is 1. The Morgan fingerprint density at radius 2 is 2.00 bits per heavy atom. The molecule has 23 heavy (non-hydrogen) atoms. The number of rotatable bonds is 7. The second-order valence-corrected chi connectivity index (χ2v) is 5.31. The van der Waals surface area contributed by atoms with Crippen LogP contribution in [0.3, 0.4) is 0 Å². The Balaban J connectivity index is 2.47. The zero-order valence-electron chi connectivity index (χ0n) is 13.5. The molecule has 6 heteroatoms. The molecule has 0 spiro atoms. The first-order chi connectivity index (χ1) is 11.0. The summed E-state index contributed by atoms with van der Waals surface area (Å²) in [4.78, 5) is 25.9. The second kappa shape index (κ2) is 7.28. The number of hydrogen-bond donors (Lipinski definition) is 1. The zero-order chi connectivity index (χ0) is 17.0. The van der Waals surface area contributed by atoms with Gasteiger partial charge < -0.3 is 19.5 Å². The minimum atomic E-state index is -0.645. The Kier molecular flexibility index (Phi) is 5.39. The minimum Gasteiger partial charge on any atom is -0.503 e. The van der Waals surface area contributed by atoms with Gasteiger partial charge in [0.25, 0.3) is 5.91 Å². The number of aliphatic hydroxyl groups is 1. The van der Waals surface area contributed by atoms with Crippen molar-refractivity contribution in [3.05, 3.63) is 41.2 Å². The van der Waals surface area contributed by atoms with Crippen molar-refractivity contribution in [3.63, 3.8) is 0 Å². The molecule has 124 valence electrons. The standard InChI is InChI=1S/C17H21NO5/c1-11(19)14-15(12-7-4-5-8-13(12)23-3)18(9-6-10-22-2)17(21)16(14)20/h4-5,7-8,15,20H,6,9-10H2,1-3H3. The highest BCUT2D eigenvalue weighted by Crippen LogP contribution is 2.41. The first-order valence-electron chi connectivity index (χ1n) is 7.39. The summed E-state index contributed by atoms with van der Waals surface area (Å²) in [5.41, 5.74) is 0.784. The van der Waals surface area contributed by atoms with Crippen LogP contribution in [-0.4, -0.2) is 49.1 Å². The topological polar surface area (TPSA) is 76.1 Å². The van der Waals surface area contributed by atoms with E-state index in [4.69, 9.17) is 9.47 Å². The predicted molar refractivity (Wildman–Crippen MR) is 84.3 cm³/mol. The summed E-state index contributed by atoms with van der Waals surface area (Å²) in [6.45, 7) is 2.20. The number of methoxy groups -OCH3 is 2. The Labute approximate surface area is 135 Å². The molecule has 2 rings (SSSR count).